The van der Waals surface area contributed by atoms with E-state index in [1.54, 1.807) is 30.3 Å². The van der Waals surface area contributed by atoms with Crippen LogP contribution in [0.15, 0.2) is 41.3 Å². The van der Waals surface area contributed by atoms with Gasteiger partial charge in [-0.1, -0.05) is 23.2 Å². The summed E-state index contributed by atoms with van der Waals surface area (Å²) in [6.45, 7) is 1.45. The van der Waals surface area contributed by atoms with Gasteiger partial charge in [0.05, 0.1) is 17.0 Å². The van der Waals surface area contributed by atoms with Crippen LogP contribution in [0.2, 0.25) is 10.0 Å². The van der Waals surface area contributed by atoms with Crippen LogP contribution in [0.3, 0.4) is 0 Å². The molecule has 6 nitrogen and oxygen atoms in total. The van der Waals surface area contributed by atoms with Crippen molar-refractivity contribution in [3.63, 3.8) is 0 Å². The Morgan fingerprint density at radius 3 is 2.47 bits per heavy atom. The van der Waals surface area contributed by atoms with Crippen molar-refractivity contribution in [3.05, 3.63) is 57.6 Å². The monoisotopic (exact) mass is 469 g/mol. The molecule has 2 aliphatic rings. The van der Waals surface area contributed by atoms with Crippen LogP contribution in [0.5, 0.6) is 0 Å². The molecule has 4 rings (SSSR count). The van der Waals surface area contributed by atoms with Gasteiger partial charge in [-0.2, -0.15) is 0 Å². The van der Waals surface area contributed by atoms with Crippen LogP contribution >= 0.6 is 23.2 Å². The number of aliphatic hydroxyl groups is 1. The van der Waals surface area contributed by atoms with E-state index in [-0.39, 0.29) is 23.1 Å². The zero-order chi connectivity index (χ0) is 21.6. The Morgan fingerprint density at radius 2 is 1.87 bits per heavy atom. The molecule has 2 aromatic carbocycles. The van der Waals surface area contributed by atoms with E-state index in [0.29, 0.717) is 16.6 Å². The number of likely N-dealkylation sites (tertiary alicyclic amines) is 1. The molecular formula is C21H25Cl2N3O3S. The summed E-state index contributed by atoms with van der Waals surface area (Å²) < 4.78 is 25.9. The van der Waals surface area contributed by atoms with Gasteiger partial charge in [-0.15, -0.1) is 0 Å². The minimum absolute atomic E-state index is 0.0715. The average Bonchev–Trinajstić information content (AvgIpc) is 3.26. The topological polar surface area (TPSA) is 72.9 Å². The normalized spacial score (nSPS) is 24.4. The summed E-state index contributed by atoms with van der Waals surface area (Å²) in [5.74, 6) is 0. The van der Waals surface area contributed by atoms with E-state index in [1.807, 2.05) is 6.07 Å². The quantitative estimate of drug-likeness (QED) is 0.701. The van der Waals surface area contributed by atoms with Crippen LogP contribution in [0, 0.1) is 0 Å². The van der Waals surface area contributed by atoms with Gasteiger partial charge < -0.3 is 10.4 Å². The molecule has 0 amide bonds. The molecule has 2 aromatic rings. The fourth-order valence-electron chi connectivity index (χ4n) is 4.35. The van der Waals surface area contributed by atoms with Gasteiger partial charge in [-0.25, -0.2) is 12.7 Å². The van der Waals surface area contributed by atoms with Gasteiger partial charge in [0.15, 0.2) is 0 Å². The van der Waals surface area contributed by atoms with Crippen molar-refractivity contribution >= 4 is 38.9 Å². The Balaban J connectivity index is 1.65. The smallest absolute Gasteiger partial charge is 0.242 e. The molecule has 0 bridgehead atoms. The number of nitrogens with zero attached hydrogens (tertiary/aromatic N) is 2. The average molecular weight is 470 g/mol. The number of hydrogen-bond donors (Lipinski definition) is 2. The molecule has 0 aromatic heterocycles. The van der Waals surface area contributed by atoms with E-state index in [0.717, 1.165) is 36.2 Å². The number of nitrogens with one attached hydrogen (secondary N) is 1. The van der Waals surface area contributed by atoms with Gasteiger partial charge in [0, 0.05) is 49.0 Å². The summed E-state index contributed by atoms with van der Waals surface area (Å²) >= 11 is 12.8. The predicted molar refractivity (Wildman–Crippen MR) is 120 cm³/mol. The molecule has 1 fully saturated rings. The van der Waals surface area contributed by atoms with Gasteiger partial charge in [-0.3, -0.25) is 4.90 Å². The number of rotatable bonds is 5. The number of aliphatic hydroxyl groups excluding tert-OH is 1. The van der Waals surface area contributed by atoms with Crippen molar-refractivity contribution < 1.29 is 13.5 Å². The van der Waals surface area contributed by atoms with Crippen LogP contribution in [0.4, 0.5) is 5.69 Å². The molecule has 1 saturated heterocycles. The van der Waals surface area contributed by atoms with E-state index < -0.39 is 10.0 Å². The highest BCUT2D eigenvalue weighted by atomic mass is 35.5. The number of halogens is 2. The Kier molecular flexibility index (Phi) is 6.05. The molecule has 0 spiro atoms. The predicted octanol–water partition coefficient (Wildman–Crippen LogP) is 3.39. The third kappa shape index (κ3) is 4.07. The molecule has 0 radical (unpaired) electrons. The minimum atomic E-state index is -3.48. The highest BCUT2D eigenvalue weighted by Crippen LogP contribution is 2.42. The Morgan fingerprint density at radius 1 is 1.17 bits per heavy atom. The fourth-order valence-corrected chi connectivity index (χ4v) is 5.84. The Bertz CT molecular complexity index is 1040. The van der Waals surface area contributed by atoms with E-state index in [1.165, 1.54) is 18.4 Å². The fraction of sp³-hybridized carbons (Fsp3) is 0.429. The molecule has 9 heteroatoms. The van der Waals surface area contributed by atoms with Crippen molar-refractivity contribution in [2.24, 2.45) is 0 Å². The molecule has 2 N–H and O–H groups in total. The number of benzene rings is 2. The van der Waals surface area contributed by atoms with Crippen molar-refractivity contribution in [2.45, 2.75) is 35.9 Å². The lowest BCUT2D eigenvalue weighted by Gasteiger charge is -2.31. The third-order valence-corrected chi connectivity index (χ3v) is 8.33. The summed E-state index contributed by atoms with van der Waals surface area (Å²) in [4.78, 5) is 2.53. The van der Waals surface area contributed by atoms with Gasteiger partial charge in [0.2, 0.25) is 10.0 Å². The first-order chi connectivity index (χ1) is 14.2. The van der Waals surface area contributed by atoms with E-state index in [2.05, 4.69) is 10.2 Å². The summed E-state index contributed by atoms with van der Waals surface area (Å²) in [6, 6.07) is 10.5. The number of fused-ring (bicyclic) bond motifs is 1. The molecule has 0 unspecified atom stereocenters. The third-order valence-electron chi connectivity index (χ3n) is 5.95. The second-order valence-corrected chi connectivity index (χ2v) is 11.1. The van der Waals surface area contributed by atoms with Crippen LogP contribution in [0.25, 0.3) is 0 Å². The minimum Gasteiger partial charge on any atom is -0.392 e. The van der Waals surface area contributed by atoms with Gasteiger partial charge in [-0.05, 0) is 60.4 Å². The van der Waals surface area contributed by atoms with Crippen molar-refractivity contribution in [2.75, 3.05) is 32.5 Å². The van der Waals surface area contributed by atoms with Crippen LogP contribution in [-0.2, 0) is 16.4 Å². The highest BCUT2D eigenvalue weighted by molar-refractivity contribution is 7.89. The Hall–Kier alpha value is -1.35. The zero-order valence-corrected chi connectivity index (χ0v) is 19.2. The number of β-amino-alcohol motifs (C(OH)–C–C–N with tert-alkyl or cyclic N) is 1. The maximum absolute atomic E-state index is 12.3. The summed E-state index contributed by atoms with van der Waals surface area (Å²) in [6.07, 6.45) is 1.21. The largest absolute Gasteiger partial charge is 0.392 e. The zero-order valence-electron chi connectivity index (χ0n) is 16.8. The standard InChI is InChI=1S/C21H25Cl2N3O3S/c1-25(2)30(28,29)16-5-3-14(4-6-16)24-21-18-9-13(22)10-19(23)17(18)11-20(21)26-8-7-15(27)12-26/h3-6,9-10,15,20-21,24,27H,7-8,11-12H2,1-2H3/t15-,20+,21+/m1/s1. The maximum atomic E-state index is 12.3. The first-order valence-corrected chi connectivity index (χ1v) is 12.1. The molecule has 162 valence electrons. The second kappa shape index (κ2) is 8.30. The van der Waals surface area contributed by atoms with Gasteiger partial charge >= 0.3 is 0 Å². The van der Waals surface area contributed by atoms with E-state index in [4.69, 9.17) is 23.2 Å². The lowest BCUT2D eigenvalue weighted by molar-refractivity contribution is 0.155. The summed E-state index contributed by atoms with van der Waals surface area (Å²) in [7, 11) is -0.449. The highest BCUT2D eigenvalue weighted by Gasteiger charge is 2.40. The van der Waals surface area contributed by atoms with Gasteiger partial charge in [0.1, 0.15) is 0 Å². The SMILES string of the molecule is CN(C)S(=O)(=O)c1ccc(N[C@H]2c3cc(Cl)cc(Cl)c3C[C@@H]2N2CC[C@@H](O)C2)cc1. The maximum Gasteiger partial charge on any atom is 0.242 e. The molecule has 30 heavy (non-hydrogen) atoms. The number of hydrogen-bond acceptors (Lipinski definition) is 5. The van der Waals surface area contributed by atoms with E-state index in [9.17, 15) is 13.5 Å². The number of anilines is 1. The Labute approximate surface area is 187 Å². The number of sulfonamides is 1. The van der Waals surface area contributed by atoms with E-state index >= 15 is 0 Å². The molecule has 3 atom stereocenters. The van der Waals surface area contributed by atoms with Crippen molar-refractivity contribution in [3.8, 4) is 0 Å². The first kappa shape index (κ1) is 21.9. The van der Waals surface area contributed by atoms with Crippen LogP contribution in [-0.4, -0.2) is 62.1 Å². The van der Waals surface area contributed by atoms with Crippen molar-refractivity contribution in [1.29, 1.82) is 0 Å². The van der Waals surface area contributed by atoms with Crippen LogP contribution < -0.4 is 5.32 Å². The van der Waals surface area contributed by atoms with Crippen molar-refractivity contribution in [1.82, 2.24) is 9.21 Å². The van der Waals surface area contributed by atoms with Crippen LogP contribution in [0.1, 0.15) is 23.6 Å². The lowest BCUT2D eigenvalue weighted by atomic mass is 10.1. The van der Waals surface area contributed by atoms with Gasteiger partial charge in [0.25, 0.3) is 0 Å². The molecule has 1 aliphatic heterocycles. The lowest BCUT2D eigenvalue weighted by Crippen LogP contribution is -2.39. The first-order valence-electron chi connectivity index (χ1n) is 9.86. The molecule has 0 saturated carbocycles. The molecular weight excluding hydrogens is 445 g/mol. The summed E-state index contributed by atoms with van der Waals surface area (Å²) in [5.41, 5.74) is 2.92. The molecule has 1 heterocycles. The molecule has 1 aliphatic carbocycles. The summed E-state index contributed by atoms with van der Waals surface area (Å²) in [5, 5.41) is 14.8. The second-order valence-electron chi connectivity index (χ2n) is 8.10.